The molecular weight excluding hydrogens is 274 g/mol. The molecule has 0 aliphatic carbocycles. The fourth-order valence-electron chi connectivity index (χ4n) is 2.05. The summed E-state index contributed by atoms with van der Waals surface area (Å²) in [6, 6.07) is 0.479. The minimum Gasteiger partial charge on any atom is -0.479 e. The first-order valence-corrected chi connectivity index (χ1v) is 6.49. The van der Waals surface area contributed by atoms with E-state index >= 15 is 0 Å². The zero-order valence-corrected chi connectivity index (χ0v) is 12.1. The molecule has 0 saturated heterocycles. The van der Waals surface area contributed by atoms with Gasteiger partial charge in [0, 0.05) is 25.4 Å². The fraction of sp³-hybridized carbons (Fsp3) is 0.385. The Kier molecular flexibility index (Phi) is 4.06. The van der Waals surface area contributed by atoms with E-state index in [0.717, 1.165) is 0 Å². The Morgan fingerprint density at radius 2 is 2.19 bits per heavy atom. The first-order valence-electron chi connectivity index (χ1n) is 6.49. The zero-order valence-electron chi connectivity index (χ0n) is 12.1. The highest BCUT2D eigenvalue weighted by atomic mass is 16.4. The number of hydrogen-bond acceptors (Lipinski definition) is 4. The SMILES string of the molecule is CCn1nc(C)cc1C(=O)NC(C(=O)O)c1cnn(C)c1. The molecule has 0 fully saturated rings. The Morgan fingerprint density at radius 3 is 2.71 bits per heavy atom. The number of carboxylic acids is 1. The lowest BCUT2D eigenvalue weighted by Gasteiger charge is -2.13. The van der Waals surface area contributed by atoms with Crippen molar-refractivity contribution in [1.82, 2.24) is 24.9 Å². The molecule has 0 saturated carbocycles. The summed E-state index contributed by atoms with van der Waals surface area (Å²) in [6.07, 6.45) is 2.98. The molecule has 2 heterocycles. The van der Waals surface area contributed by atoms with Gasteiger partial charge in [-0.25, -0.2) is 4.79 Å². The van der Waals surface area contributed by atoms with E-state index in [1.807, 2.05) is 6.92 Å². The molecule has 8 nitrogen and oxygen atoms in total. The van der Waals surface area contributed by atoms with Crippen LogP contribution >= 0.6 is 0 Å². The van der Waals surface area contributed by atoms with E-state index in [4.69, 9.17) is 0 Å². The van der Waals surface area contributed by atoms with Crippen LogP contribution < -0.4 is 5.32 Å². The number of aromatic nitrogens is 4. The second-order valence-electron chi connectivity index (χ2n) is 4.68. The predicted octanol–water partition coefficient (Wildman–Crippen LogP) is 0.501. The summed E-state index contributed by atoms with van der Waals surface area (Å²) in [7, 11) is 1.68. The molecule has 8 heteroatoms. The van der Waals surface area contributed by atoms with E-state index in [2.05, 4.69) is 15.5 Å². The summed E-state index contributed by atoms with van der Waals surface area (Å²) in [5.41, 5.74) is 1.46. The molecule has 21 heavy (non-hydrogen) atoms. The summed E-state index contributed by atoms with van der Waals surface area (Å²) in [5.74, 6) is -1.62. The van der Waals surface area contributed by atoms with E-state index in [1.165, 1.54) is 15.6 Å². The highest BCUT2D eigenvalue weighted by Crippen LogP contribution is 2.13. The molecule has 2 aromatic rings. The normalized spacial score (nSPS) is 12.1. The molecule has 2 rings (SSSR count). The van der Waals surface area contributed by atoms with Crippen molar-refractivity contribution >= 4 is 11.9 Å². The molecule has 2 N–H and O–H groups in total. The van der Waals surface area contributed by atoms with Crippen LogP contribution in [0.5, 0.6) is 0 Å². The molecule has 0 aliphatic heterocycles. The number of carbonyl (C=O) groups is 2. The number of aliphatic carboxylic acids is 1. The van der Waals surface area contributed by atoms with Gasteiger partial charge in [0.25, 0.3) is 5.91 Å². The average molecular weight is 291 g/mol. The Hall–Kier alpha value is -2.64. The summed E-state index contributed by atoms with van der Waals surface area (Å²) in [6.45, 7) is 4.17. The highest BCUT2D eigenvalue weighted by Gasteiger charge is 2.25. The maximum Gasteiger partial charge on any atom is 0.331 e. The van der Waals surface area contributed by atoms with Gasteiger partial charge in [-0.1, -0.05) is 0 Å². The molecule has 1 unspecified atom stereocenters. The zero-order chi connectivity index (χ0) is 15.6. The molecule has 0 aromatic carbocycles. The van der Waals surface area contributed by atoms with Crippen LogP contribution in [0.3, 0.4) is 0 Å². The number of carboxylic acid groups (broad SMARTS) is 1. The third-order valence-corrected chi connectivity index (χ3v) is 3.01. The van der Waals surface area contributed by atoms with Crippen LogP contribution in [0.4, 0.5) is 0 Å². The number of nitrogens with one attached hydrogen (secondary N) is 1. The van der Waals surface area contributed by atoms with Crippen LogP contribution in [0.2, 0.25) is 0 Å². The second kappa shape index (κ2) is 5.78. The number of hydrogen-bond donors (Lipinski definition) is 2. The van der Waals surface area contributed by atoms with Crippen LogP contribution in [-0.2, 0) is 18.4 Å². The Bertz CT molecular complexity index is 673. The largest absolute Gasteiger partial charge is 0.479 e. The molecule has 0 bridgehead atoms. The molecule has 0 aliphatic rings. The number of aryl methyl sites for hydroxylation is 3. The first kappa shape index (κ1) is 14.8. The number of nitrogens with zero attached hydrogens (tertiary/aromatic N) is 4. The summed E-state index contributed by atoms with van der Waals surface area (Å²) >= 11 is 0. The lowest BCUT2D eigenvalue weighted by Crippen LogP contribution is -2.34. The van der Waals surface area contributed by atoms with Gasteiger partial charge in [0.15, 0.2) is 6.04 Å². The lowest BCUT2D eigenvalue weighted by molar-refractivity contribution is -0.139. The van der Waals surface area contributed by atoms with Crippen molar-refractivity contribution < 1.29 is 14.7 Å². The number of carbonyl (C=O) groups excluding carboxylic acids is 1. The van der Waals surface area contributed by atoms with E-state index in [-0.39, 0.29) is 0 Å². The van der Waals surface area contributed by atoms with Crippen LogP contribution in [0, 0.1) is 6.92 Å². The predicted molar refractivity (Wildman–Crippen MR) is 73.7 cm³/mol. The van der Waals surface area contributed by atoms with Gasteiger partial charge in [0.05, 0.1) is 11.9 Å². The van der Waals surface area contributed by atoms with Crippen molar-refractivity contribution in [3.8, 4) is 0 Å². The molecular formula is C13H17N5O3. The molecule has 2 aromatic heterocycles. The highest BCUT2D eigenvalue weighted by molar-refractivity contribution is 5.95. The quantitative estimate of drug-likeness (QED) is 0.835. The Balaban J connectivity index is 2.24. The first-order chi connectivity index (χ1) is 9.92. The molecule has 1 atom stereocenters. The van der Waals surface area contributed by atoms with Gasteiger partial charge in [0.1, 0.15) is 5.69 Å². The van der Waals surface area contributed by atoms with Gasteiger partial charge in [0.2, 0.25) is 0 Å². The van der Waals surface area contributed by atoms with E-state index in [1.54, 1.807) is 26.2 Å². The standard InChI is InChI=1S/C13H17N5O3/c1-4-18-10(5-8(2)16-18)12(19)15-11(13(20)21)9-6-14-17(3)7-9/h5-7,11H,4H2,1-3H3,(H,15,19)(H,20,21). The second-order valence-corrected chi connectivity index (χ2v) is 4.68. The van der Waals surface area contributed by atoms with E-state index in [9.17, 15) is 14.7 Å². The van der Waals surface area contributed by atoms with Crippen molar-refractivity contribution in [2.45, 2.75) is 26.4 Å². The van der Waals surface area contributed by atoms with Crippen LogP contribution in [0.15, 0.2) is 18.5 Å². The van der Waals surface area contributed by atoms with Crippen LogP contribution in [0.25, 0.3) is 0 Å². The molecule has 1 amide bonds. The number of rotatable bonds is 5. The minimum atomic E-state index is -1.15. The minimum absolute atomic E-state index is 0.338. The molecule has 0 spiro atoms. The summed E-state index contributed by atoms with van der Waals surface area (Å²) in [5, 5.41) is 19.9. The van der Waals surface area contributed by atoms with Gasteiger partial charge < -0.3 is 10.4 Å². The van der Waals surface area contributed by atoms with Crippen molar-refractivity contribution in [3.63, 3.8) is 0 Å². The third-order valence-electron chi connectivity index (χ3n) is 3.01. The third kappa shape index (κ3) is 3.10. The van der Waals surface area contributed by atoms with E-state index < -0.39 is 17.9 Å². The summed E-state index contributed by atoms with van der Waals surface area (Å²) in [4.78, 5) is 23.6. The van der Waals surface area contributed by atoms with Gasteiger partial charge in [-0.3, -0.25) is 14.2 Å². The van der Waals surface area contributed by atoms with Gasteiger partial charge in [-0.2, -0.15) is 10.2 Å². The van der Waals surface area contributed by atoms with Crippen molar-refractivity contribution in [2.75, 3.05) is 0 Å². The average Bonchev–Trinajstić information content (AvgIpc) is 3.01. The monoisotopic (exact) mass is 291 g/mol. The maximum absolute atomic E-state index is 12.3. The fourth-order valence-corrected chi connectivity index (χ4v) is 2.05. The number of amides is 1. The van der Waals surface area contributed by atoms with Crippen LogP contribution in [0.1, 0.15) is 34.7 Å². The van der Waals surface area contributed by atoms with Crippen molar-refractivity contribution in [2.24, 2.45) is 7.05 Å². The van der Waals surface area contributed by atoms with Gasteiger partial charge in [-0.15, -0.1) is 0 Å². The molecule has 0 radical (unpaired) electrons. The molecule has 112 valence electrons. The Morgan fingerprint density at radius 1 is 1.48 bits per heavy atom. The van der Waals surface area contributed by atoms with Crippen molar-refractivity contribution in [3.05, 3.63) is 35.4 Å². The Labute approximate surface area is 121 Å². The smallest absolute Gasteiger partial charge is 0.331 e. The topological polar surface area (TPSA) is 102 Å². The van der Waals surface area contributed by atoms with Gasteiger partial charge in [-0.05, 0) is 19.9 Å². The lowest BCUT2D eigenvalue weighted by atomic mass is 10.1. The van der Waals surface area contributed by atoms with Crippen molar-refractivity contribution in [1.29, 1.82) is 0 Å². The summed E-state index contributed by atoms with van der Waals surface area (Å²) < 4.78 is 3.02. The maximum atomic E-state index is 12.3. The van der Waals surface area contributed by atoms with Gasteiger partial charge >= 0.3 is 5.97 Å². The van der Waals surface area contributed by atoms with Crippen LogP contribution in [-0.4, -0.2) is 36.5 Å². The van der Waals surface area contributed by atoms with E-state index in [0.29, 0.717) is 23.5 Å².